The van der Waals surface area contributed by atoms with Crippen molar-refractivity contribution in [2.45, 2.75) is 0 Å². The van der Waals surface area contributed by atoms with Crippen LogP contribution < -0.4 is 4.74 Å². The van der Waals surface area contributed by atoms with Crippen LogP contribution in [0.4, 0.5) is 0 Å². The average molecular weight is 280 g/mol. The van der Waals surface area contributed by atoms with E-state index in [1.54, 1.807) is 24.3 Å². The molecular weight excluding hydrogens is 268 g/mol. The van der Waals surface area contributed by atoms with Gasteiger partial charge < -0.3 is 4.74 Å². The zero-order valence-corrected chi connectivity index (χ0v) is 11.6. The molecule has 3 aromatic heterocycles. The van der Waals surface area contributed by atoms with E-state index in [9.17, 15) is 0 Å². The van der Waals surface area contributed by atoms with Gasteiger partial charge in [0.15, 0.2) is 17.1 Å². The maximum atomic E-state index is 5.17. The zero-order chi connectivity index (χ0) is 14.4. The lowest BCUT2D eigenvalue weighted by Crippen LogP contribution is -1.95. The Kier molecular flexibility index (Phi) is 2.41. The van der Waals surface area contributed by atoms with Crippen LogP contribution in [0, 0.1) is 0 Å². The standard InChI is InChI=1S/C14H12N6O/c1-19-13-11(7-16-19)14-18-17-12(20(14)8-15-13)9-3-5-10(21-2)6-4-9/h3-8H,1-2H3. The van der Waals surface area contributed by atoms with Crippen molar-refractivity contribution in [3.05, 3.63) is 36.8 Å². The Morgan fingerprint density at radius 3 is 2.62 bits per heavy atom. The summed E-state index contributed by atoms with van der Waals surface area (Å²) in [4.78, 5) is 4.42. The Morgan fingerprint density at radius 1 is 1.05 bits per heavy atom. The lowest BCUT2D eigenvalue weighted by Gasteiger charge is -2.02. The van der Waals surface area contributed by atoms with Crippen molar-refractivity contribution in [2.24, 2.45) is 7.05 Å². The molecule has 0 atom stereocenters. The Hall–Kier alpha value is -2.96. The summed E-state index contributed by atoms with van der Waals surface area (Å²) in [5.74, 6) is 1.55. The minimum absolute atomic E-state index is 0.742. The molecule has 0 aliphatic carbocycles. The van der Waals surface area contributed by atoms with Gasteiger partial charge in [0.1, 0.15) is 12.1 Å². The summed E-state index contributed by atoms with van der Waals surface area (Å²) in [6.45, 7) is 0. The lowest BCUT2D eigenvalue weighted by molar-refractivity contribution is 0.415. The topological polar surface area (TPSA) is 70.1 Å². The fourth-order valence-corrected chi connectivity index (χ4v) is 2.38. The summed E-state index contributed by atoms with van der Waals surface area (Å²) < 4.78 is 8.75. The van der Waals surface area contributed by atoms with Crippen LogP contribution in [-0.4, -0.2) is 36.5 Å². The first-order chi connectivity index (χ1) is 10.3. The zero-order valence-electron chi connectivity index (χ0n) is 11.6. The molecule has 0 fully saturated rings. The molecular formula is C14H12N6O. The van der Waals surface area contributed by atoms with Gasteiger partial charge in [-0.3, -0.25) is 9.08 Å². The molecule has 4 rings (SSSR count). The van der Waals surface area contributed by atoms with E-state index >= 15 is 0 Å². The molecule has 21 heavy (non-hydrogen) atoms. The van der Waals surface area contributed by atoms with Gasteiger partial charge >= 0.3 is 0 Å². The molecule has 1 aromatic carbocycles. The van der Waals surface area contributed by atoms with Gasteiger partial charge in [-0.05, 0) is 24.3 Å². The van der Waals surface area contributed by atoms with Crippen molar-refractivity contribution in [3.63, 3.8) is 0 Å². The minimum Gasteiger partial charge on any atom is -0.497 e. The van der Waals surface area contributed by atoms with Crippen molar-refractivity contribution < 1.29 is 4.74 Å². The maximum Gasteiger partial charge on any atom is 0.175 e. The summed E-state index contributed by atoms with van der Waals surface area (Å²) in [5.41, 5.74) is 2.49. The van der Waals surface area contributed by atoms with E-state index in [2.05, 4.69) is 20.3 Å². The number of aromatic nitrogens is 6. The highest BCUT2D eigenvalue weighted by atomic mass is 16.5. The van der Waals surface area contributed by atoms with Gasteiger partial charge in [0.05, 0.1) is 18.7 Å². The van der Waals surface area contributed by atoms with Gasteiger partial charge in [0.2, 0.25) is 0 Å². The Bertz CT molecular complexity index is 937. The molecule has 7 heteroatoms. The van der Waals surface area contributed by atoms with Crippen molar-refractivity contribution >= 4 is 16.7 Å². The molecule has 0 N–H and O–H groups in total. The fraction of sp³-hybridized carbons (Fsp3) is 0.143. The van der Waals surface area contributed by atoms with Gasteiger partial charge in [0.25, 0.3) is 0 Å². The highest BCUT2D eigenvalue weighted by molar-refractivity contribution is 5.89. The molecule has 7 nitrogen and oxygen atoms in total. The van der Waals surface area contributed by atoms with Crippen molar-refractivity contribution in [3.8, 4) is 17.1 Å². The van der Waals surface area contributed by atoms with Crippen molar-refractivity contribution in [2.75, 3.05) is 7.11 Å². The number of hydrogen-bond acceptors (Lipinski definition) is 5. The summed E-state index contributed by atoms with van der Waals surface area (Å²) >= 11 is 0. The fourth-order valence-electron chi connectivity index (χ4n) is 2.38. The molecule has 4 aromatic rings. The molecule has 104 valence electrons. The smallest absolute Gasteiger partial charge is 0.175 e. The van der Waals surface area contributed by atoms with Crippen molar-refractivity contribution in [1.82, 2.24) is 29.4 Å². The van der Waals surface area contributed by atoms with Gasteiger partial charge in [-0.25, -0.2) is 4.98 Å². The monoisotopic (exact) mass is 280 g/mol. The van der Waals surface area contributed by atoms with E-state index in [0.29, 0.717) is 0 Å². The average Bonchev–Trinajstić information content (AvgIpc) is 3.11. The number of benzene rings is 1. The largest absolute Gasteiger partial charge is 0.497 e. The normalized spacial score (nSPS) is 11.3. The number of methoxy groups -OCH3 is 1. The third-order valence-electron chi connectivity index (χ3n) is 3.49. The van der Waals surface area contributed by atoms with Crippen molar-refractivity contribution in [1.29, 1.82) is 0 Å². The first kappa shape index (κ1) is 11.8. The Balaban J connectivity index is 1.94. The number of hydrogen-bond donors (Lipinski definition) is 0. The first-order valence-electron chi connectivity index (χ1n) is 6.44. The van der Waals surface area contributed by atoms with Crippen LogP contribution in [0.2, 0.25) is 0 Å². The Labute approximate surface area is 119 Å². The molecule has 0 spiro atoms. The molecule has 0 aliphatic heterocycles. The van der Waals surface area contributed by atoms with Crippen LogP contribution in [0.25, 0.3) is 28.1 Å². The van der Waals surface area contributed by atoms with E-state index in [0.717, 1.165) is 33.8 Å². The second-order valence-electron chi connectivity index (χ2n) is 4.70. The predicted octanol–water partition coefficient (Wildman–Crippen LogP) is 1.69. The minimum atomic E-state index is 0.742. The van der Waals surface area contributed by atoms with E-state index in [-0.39, 0.29) is 0 Å². The van der Waals surface area contributed by atoms with Crippen LogP contribution >= 0.6 is 0 Å². The third kappa shape index (κ3) is 1.67. The molecule has 3 heterocycles. The van der Waals surface area contributed by atoms with Gasteiger partial charge in [-0.2, -0.15) is 5.10 Å². The predicted molar refractivity (Wildman–Crippen MR) is 77.0 cm³/mol. The first-order valence-corrected chi connectivity index (χ1v) is 6.44. The summed E-state index contributed by atoms with van der Waals surface area (Å²) in [6, 6.07) is 7.68. The molecule has 0 unspecified atom stereocenters. The Morgan fingerprint density at radius 2 is 1.86 bits per heavy atom. The summed E-state index contributed by atoms with van der Waals surface area (Å²) in [5, 5.41) is 13.6. The second kappa shape index (κ2) is 4.27. The third-order valence-corrected chi connectivity index (χ3v) is 3.49. The summed E-state index contributed by atoms with van der Waals surface area (Å²) in [7, 11) is 3.50. The van der Waals surface area contributed by atoms with E-state index < -0.39 is 0 Å². The lowest BCUT2D eigenvalue weighted by atomic mass is 10.2. The molecule has 0 amide bonds. The van der Waals surface area contributed by atoms with Crippen LogP contribution in [0.15, 0.2) is 36.8 Å². The van der Waals surface area contributed by atoms with Gasteiger partial charge in [0, 0.05) is 12.6 Å². The highest BCUT2D eigenvalue weighted by Crippen LogP contribution is 2.23. The van der Waals surface area contributed by atoms with E-state index in [4.69, 9.17) is 4.74 Å². The SMILES string of the molecule is COc1ccc(-c2nnc3c4cnn(C)c4ncn23)cc1. The quantitative estimate of drug-likeness (QED) is 0.559. The number of nitrogens with zero attached hydrogens (tertiary/aromatic N) is 6. The number of rotatable bonds is 2. The highest BCUT2D eigenvalue weighted by Gasteiger charge is 2.13. The van der Waals surface area contributed by atoms with Crippen LogP contribution in [-0.2, 0) is 7.05 Å². The van der Waals surface area contributed by atoms with Crippen LogP contribution in [0.5, 0.6) is 5.75 Å². The molecule has 0 radical (unpaired) electrons. The molecule has 0 aliphatic rings. The van der Waals surface area contributed by atoms with Gasteiger partial charge in [-0.15, -0.1) is 10.2 Å². The van der Waals surface area contributed by atoms with Crippen LogP contribution in [0.1, 0.15) is 0 Å². The number of aryl methyl sites for hydroxylation is 1. The molecule has 0 saturated heterocycles. The van der Waals surface area contributed by atoms with E-state index in [1.165, 1.54) is 0 Å². The summed E-state index contributed by atoms with van der Waals surface area (Å²) in [6.07, 6.45) is 3.48. The maximum absolute atomic E-state index is 5.17. The number of fused-ring (bicyclic) bond motifs is 3. The van der Waals surface area contributed by atoms with Crippen LogP contribution in [0.3, 0.4) is 0 Å². The van der Waals surface area contributed by atoms with Gasteiger partial charge in [-0.1, -0.05) is 0 Å². The second-order valence-corrected chi connectivity index (χ2v) is 4.70. The number of ether oxygens (including phenoxy) is 1. The molecule has 0 saturated carbocycles. The van der Waals surface area contributed by atoms with E-state index in [1.807, 2.05) is 35.7 Å². The molecule has 0 bridgehead atoms.